The number of carbonyl (C=O) groups excluding carboxylic acids is 2. The Bertz CT molecular complexity index is 1330. The number of allylic oxidation sites excluding steroid dienone is 2. The van der Waals surface area contributed by atoms with E-state index in [0.29, 0.717) is 16.0 Å². The Morgan fingerprint density at radius 2 is 1.92 bits per heavy atom. The van der Waals surface area contributed by atoms with Gasteiger partial charge in [-0.2, -0.15) is 9.36 Å². The molecular weight excluding hydrogens is 531 g/mol. The standard InChI is InChI=1S/C25H23N5O2S4/c1-2-33-24-28-23(36-29-24)27-22(31)15-34-17-9-7-8-16(14-17)26-25(32)30-18-10-3-5-12-20(18)35-21-13-6-4-11-19(21)30/h3-14,18,20H,2,15H2,1H3,(H,26,32)(H,27,28,29,31). The molecule has 0 saturated carbocycles. The lowest BCUT2D eigenvalue weighted by molar-refractivity contribution is -0.113. The van der Waals surface area contributed by atoms with E-state index in [9.17, 15) is 9.59 Å². The van der Waals surface area contributed by atoms with Crippen molar-refractivity contribution >= 4 is 75.3 Å². The number of hydrogen-bond donors (Lipinski definition) is 2. The number of fused-ring (bicyclic) bond motifs is 2. The van der Waals surface area contributed by atoms with Gasteiger partial charge in [0.15, 0.2) is 0 Å². The lowest BCUT2D eigenvalue weighted by Gasteiger charge is -2.40. The molecule has 2 aliphatic rings. The van der Waals surface area contributed by atoms with E-state index < -0.39 is 0 Å². The van der Waals surface area contributed by atoms with Gasteiger partial charge in [0, 0.05) is 27.0 Å². The quantitative estimate of drug-likeness (QED) is 0.328. The molecule has 1 aliphatic heterocycles. The fourth-order valence-corrected chi connectivity index (χ4v) is 7.13. The second-order valence-corrected chi connectivity index (χ2v) is 12.0. The average Bonchev–Trinajstić information content (AvgIpc) is 3.33. The van der Waals surface area contributed by atoms with Crippen molar-refractivity contribution in [2.45, 2.75) is 33.2 Å². The molecule has 3 amide bonds. The van der Waals surface area contributed by atoms with Crippen molar-refractivity contribution in [2.24, 2.45) is 0 Å². The number of urea groups is 1. The molecule has 1 aliphatic carbocycles. The maximum Gasteiger partial charge on any atom is 0.326 e. The molecule has 184 valence electrons. The summed E-state index contributed by atoms with van der Waals surface area (Å²) >= 11 is 5.89. The van der Waals surface area contributed by atoms with Gasteiger partial charge in [0.25, 0.3) is 0 Å². The van der Waals surface area contributed by atoms with Gasteiger partial charge in [-0.25, -0.2) is 4.79 Å². The van der Waals surface area contributed by atoms with E-state index in [1.165, 1.54) is 35.1 Å². The molecule has 3 aromatic rings. The van der Waals surface area contributed by atoms with Crippen LogP contribution in [0.25, 0.3) is 0 Å². The highest BCUT2D eigenvalue weighted by Crippen LogP contribution is 2.43. The van der Waals surface area contributed by atoms with E-state index in [4.69, 9.17) is 0 Å². The fraction of sp³-hybridized carbons (Fsp3) is 0.200. The number of benzene rings is 2. The number of nitrogens with zero attached hydrogens (tertiary/aromatic N) is 3. The van der Waals surface area contributed by atoms with Gasteiger partial charge >= 0.3 is 6.03 Å². The van der Waals surface area contributed by atoms with Crippen LogP contribution in [0.5, 0.6) is 0 Å². The number of aromatic nitrogens is 2. The molecule has 2 heterocycles. The Hall–Kier alpha value is -2.73. The number of anilines is 3. The Kier molecular flexibility index (Phi) is 8.00. The van der Waals surface area contributed by atoms with Gasteiger partial charge in [0.2, 0.25) is 16.2 Å². The van der Waals surface area contributed by atoms with E-state index in [1.807, 2.05) is 66.4 Å². The van der Waals surface area contributed by atoms with Gasteiger partial charge in [-0.3, -0.25) is 15.0 Å². The van der Waals surface area contributed by atoms with Gasteiger partial charge in [-0.1, -0.05) is 61.2 Å². The highest BCUT2D eigenvalue weighted by Gasteiger charge is 2.36. The number of nitrogens with one attached hydrogen (secondary N) is 2. The molecule has 0 radical (unpaired) electrons. The molecule has 0 fully saturated rings. The molecule has 2 aromatic carbocycles. The van der Waals surface area contributed by atoms with Gasteiger partial charge in [-0.15, -0.1) is 23.5 Å². The number of amides is 3. The molecular formula is C25H23N5O2S4. The monoisotopic (exact) mass is 553 g/mol. The summed E-state index contributed by atoms with van der Waals surface area (Å²) in [4.78, 5) is 34.0. The molecule has 0 bridgehead atoms. The van der Waals surface area contributed by atoms with Gasteiger partial charge in [0.05, 0.1) is 22.7 Å². The number of para-hydroxylation sites is 1. The van der Waals surface area contributed by atoms with Crippen molar-refractivity contribution in [3.63, 3.8) is 0 Å². The topological polar surface area (TPSA) is 87.2 Å². The second-order valence-electron chi connectivity index (χ2n) is 7.79. The van der Waals surface area contributed by atoms with E-state index in [0.717, 1.165) is 21.2 Å². The Labute approximate surface area is 226 Å². The lowest BCUT2D eigenvalue weighted by atomic mass is 10.1. The summed E-state index contributed by atoms with van der Waals surface area (Å²) in [6.45, 7) is 2.03. The maximum absolute atomic E-state index is 13.5. The maximum atomic E-state index is 13.5. The van der Waals surface area contributed by atoms with Crippen molar-refractivity contribution in [1.29, 1.82) is 0 Å². The fourth-order valence-electron chi connectivity index (χ4n) is 3.82. The molecule has 0 saturated heterocycles. The number of thioether (sulfide) groups is 3. The minimum atomic E-state index is -0.186. The molecule has 5 rings (SSSR count). The predicted octanol–water partition coefficient (Wildman–Crippen LogP) is 6.39. The van der Waals surface area contributed by atoms with Crippen LogP contribution in [-0.4, -0.2) is 44.1 Å². The van der Waals surface area contributed by atoms with Crippen molar-refractivity contribution in [1.82, 2.24) is 9.36 Å². The summed E-state index contributed by atoms with van der Waals surface area (Å²) in [6.07, 6.45) is 8.23. The summed E-state index contributed by atoms with van der Waals surface area (Å²) in [6, 6.07) is 15.3. The lowest BCUT2D eigenvalue weighted by Crippen LogP contribution is -2.49. The summed E-state index contributed by atoms with van der Waals surface area (Å²) in [7, 11) is 0. The molecule has 7 nitrogen and oxygen atoms in total. The van der Waals surface area contributed by atoms with E-state index in [1.54, 1.807) is 11.8 Å². The van der Waals surface area contributed by atoms with Crippen molar-refractivity contribution in [2.75, 3.05) is 27.0 Å². The van der Waals surface area contributed by atoms with Crippen LogP contribution in [0, 0.1) is 0 Å². The first-order valence-corrected chi connectivity index (χ1v) is 14.9. The molecule has 1 aromatic heterocycles. The third kappa shape index (κ3) is 5.80. The minimum absolute atomic E-state index is 0.0623. The average molecular weight is 554 g/mol. The summed E-state index contributed by atoms with van der Waals surface area (Å²) in [5, 5.41) is 7.20. The smallest absolute Gasteiger partial charge is 0.307 e. The Morgan fingerprint density at radius 1 is 1.06 bits per heavy atom. The van der Waals surface area contributed by atoms with E-state index >= 15 is 0 Å². The van der Waals surface area contributed by atoms with Gasteiger partial charge < -0.3 is 5.32 Å². The zero-order valence-corrected chi connectivity index (χ0v) is 22.6. The second kappa shape index (κ2) is 11.5. The predicted molar refractivity (Wildman–Crippen MR) is 152 cm³/mol. The first-order valence-electron chi connectivity index (χ1n) is 11.3. The molecule has 2 N–H and O–H groups in total. The Morgan fingerprint density at radius 3 is 2.81 bits per heavy atom. The van der Waals surface area contributed by atoms with Crippen molar-refractivity contribution in [3.8, 4) is 0 Å². The van der Waals surface area contributed by atoms with Gasteiger partial charge in [-0.05, 0) is 36.1 Å². The highest BCUT2D eigenvalue weighted by atomic mass is 32.2. The number of rotatable bonds is 7. The van der Waals surface area contributed by atoms with Crippen LogP contribution in [-0.2, 0) is 4.79 Å². The van der Waals surface area contributed by atoms with E-state index in [-0.39, 0.29) is 29.0 Å². The van der Waals surface area contributed by atoms with Crippen molar-refractivity contribution < 1.29 is 9.59 Å². The van der Waals surface area contributed by atoms with Crippen LogP contribution in [0.3, 0.4) is 0 Å². The molecule has 36 heavy (non-hydrogen) atoms. The van der Waals surface area contributed by atoms with Crippen LogP contribution in [0.1, 0.15) is 6.92 Å². The Balaban J connectivity index is 1.23. The summed E-state index contributed by atoms with van der Waals surface area (Å²) in [5.41, 5.74) is 1.58. The largest absolute Gasteiger partial charge is 0.326 e. The van der Waals surface area contributed by atoms with Crippen LogP contribution in [0.4, 0.5) is 21.3 Å². The molecule has 0 spiro atoms. The third-order valence-electron chi connectivity index (χ3n) is 5.34. The third-order valence-corrected chi connectivity index (χ3v) is 9.12. The zero-order chi connectivity index (χ0) is 24.9. The highest BCUT2D eigenvalue weighted by molar-refractivity contribution is 8.00. The zero-order valence-electron chi connectivity index (χ0n) is 19.3. The van der Waals surface area contributed by atoms with Gasteiger partial charge in [0.1, 0.15) is 0 Å². The number of carbonyl (C=O) groups is 2. The molecule has 2 unspecified atom stereocenters. The van der Waals surface area contributed by atoms with Crippen LogP contribution in [0.15, 0.2) is 87.8 Å². The van der Waals surface area contributed by atoms with Crippen molar-refractivity contribution in [3.05, 3.63) is 72.8 Å². The first-order chi connectivity index (χ1) is 17.6. The van der Waals surface area contributed by atoms with Crippen LogP contribution >= 0.6 is 46.8 Å². The summed E-state index contributed by atoms with van der Waals surface area (Å²) in [5.74, 6) is 0.958. The summed E-state index contributed by atoms with van der Waals surface area (Å²) < 4.78 is 4.21. The number of hydrogen-bond acceptors (Lipinski definition) is 8. The first kappa shape index (κ1) is 24.9. The normalized spacial score (nSPS) is 17.9. The van der Waals surface area contributed by atoms with Crippen LogP contribution < -0.4 is 15.5 Å². The molecule has 11 heteroatoms. The van der Waals surface area contributed by atoms with E-state index in [2.05, 4.69) is 38.2 Å². The SMILES string of the molecule is CCSc1nsc(NC(=O)CSc2cccc(NC(=O)N3c4ccccc4SC4C=CC=CC43)c2)n1. The molecule has 2 atom stereocenters. The van der Waals surface area contributed by atoms with Crippen LogP contribution in [0.2, 0.25) is 0 Å². The minimum Gasteiger partial charge on any atom is -0.307 e.